The number of hydrazine groups is 1. The van der Waals surface area contributed by atoms with Crippen LogP contribution in [0.2, 0.25) is 0 Å². The zero-order valence-corrected chi connectivity index (χ0v) is 15.8. The van der Waals surface area contributed by atoms with Gasteiger partial charge < -0.3 is 9.47 Å². The summed E-state index contributed by atoms with van der Waals surface area (Å²) in [5.74, 6) is -0.0287. The number of carbonyl (C=O) groups excluding carboxylic acids is 2. The first-order chi connectivity index (χ1) is 13.1. The Labute approximate surface area is 159 Å². The second-order valence-corrected chi connectivity index (χ2v) is 6.79. The summed E-state index contributed by atoms with van der Waals surface area (Å²) in [6.45, 7) is 3.93. The van der Waals surface area contributed by atoms with Crippen LogP contribution in [-0.2, 0) is 9.47 Å². The van der Waals surface area contributed by atoms with Gasteiger partial charge in [-0.15, -0.1) is 0 Å². The maximum Gasteiger partial charge on any atom is 0.429 e. The average molecular weight is 370 g/mol. The minimum Gasteiger partial charge on any atom is -0.449 e. The van der Waals surface area contributed by atoms with E-state index < -0.39 is 12.2 Å². The van der Waals surface area contributed by atoms with E-state index in [9.17, 15) is 9.59 Å². The first-order valence-electron chi connectivity index (χ1n) is 9.41. The first-order valence-corrected chi connectivity index (χ1v) is 9.41. The predicted octanol–water partition coefficient (Wildman–Crippen LogP) is 4.15. The molecule has 0 aromatic heterocycles. The molecule has 2 amide bonds. The van der Waals surface area contributed by atoms with E-state index in [4.69, 9.17) is 9.47 Å². The molecule has 6 nitrogen and oxygen atoms in total. The molecule has 0 aliphatic heterocycles. The highest BCUT2D eigenvalue weighted by Gasteiger charge is 2.56. The molecule has 144 valence electrons. The van der Waals surface area contributed by atoms with Gasteiger partial charge in [-0.2, -0.15) is 0 Å². The lowest BCUT2D eigenvalue weighted by Gasteiger charge is -2.34. The van der Waals surface area contributed by atoms with Crippen LogP contribution in [0, 0.1) is 11.3 Å². The highest BCUT2D eigenvalue weighted by Crippen LogP contribution is 2.57. The molecule has 1 saturated carbocycles. The Bertz CT molecular complexity index is 725. The minimum atomic E-state index is -0.654. The van der Waals surface area contributed by atoms with Crippen LogP contribution in [0.25, 0.3) is 6.08 Å². The monoisotopic (exact) mass is 370 g/mol. The summed E-state index contributed by atoms with van der Waals surface area (Å²) in [7, 11) is 0. The van der Waals surface area contributed by atoms with Crippen LogP contribution in [0.5, 0.6) is 0 Å². The maximum atomic E-state index is 12.6. The van der Waals surface area contributed by atoms with Gasteiger partial charge in [0.05, 0.1) is 19.3 Å². The molecule has 0 unspecified atom stereocenters. The van der Waals surface area contributed by atoms with Gasteiger partial charge in [0.15, 0.2) is 0 Å². The summed E-state index contributed by atoms with van der Waals surface area (Å²) >= 11 is 0. The number of hydrogen-bond donors (Lipinski definition) is 1. The first kappa shape index (κ1) is 19.0. The molecule has 1 spiro atoms. The van der Waals surface area contributed by atoms with Gasteiger partial charge in [0.1, 0.15) is 0 Å². The average Bonchev–Trinajstić information content (AvgIpc) is 3.35. The number of benzene rings is 1. The Morgan fingerprint density at radius 2 is 1.89 bits per heavy atom. The number of ether oxygens (including phenoxy) is 2. The van der Waals surface area contributed by atoms with Crippen molar-refractivity contribution >= 4 is 18.3 Å². The van der Waals surface area contributed by atoms with Gasteiger partial charge in [0.25, 0.3) is 0 Å². The van der Waals surface area contributed by atoms with Gasteiger partial charge in [-0.3, -0.25) is 0 Å². The van der Waals surface area contributed by atoms with Gasteiger partial charge in [-0.25, -0.2) is 20.0 Å². The Kier molecular flexibility index (Phi) is 5.84. The lowest BCUT2D eigenvalue weighted by atomic mass is 9.92. The molecule has 27 heavy (non-hydrogen) atoms. The second kappa shape index (κ2) is 8.29. The molecule has 0 heterocycles. The molecule has 1 aromatic rings. The Balaban J connectivity index is 1.83. The fraction of sp³-hybridized carbons (Fsp3) is 0.429. The summed E-state index contributed by atoms with van der Waals surface area (Å²) in [6, 6.07) is 9.75. The number of nitrogens with zero attached hydrogens (tertiary/aromatic N) is 1. The van der Waals surface area contributed by atoms with Crippen molar-refractivity contribution in [2.24, 2.45) is 11.3 Å². The van der Waals surface area contributed by atoms with E-state index in [0.29, 0.717) is 0 Å². The Morgan fingerprint density at radius 3 is 2.52 bits per heavy atom. The van der Waals surface area contributed by atoms with Gasteiger partial charge in [0.2, 0.25) is 0 Å². The van der Waals surface area contributed by atoms with Crippen molar-refractivity contribution in [2.45, 2.75) is 32.7 Å². The van der Waals surface area contributed by atoms with Crippen molar-refractivity contribution in [3.05, 3.63) is 54.1 Å². The third-order valence-electron chi connectivity index (χ3n) is 4.97. The second-order valence-electron chi connectivity index (χ2n) is 6.79. The van der Waals surface area contributed by atoms with Crippen molar-refractivity contribution < 1.29 is 19.1 Å². The number of amides is 2. The normalized spacial score (nSPS) is 22.0. The smallest absolute Gasteiger partial charge is 0.429 e. The summed E-state index contributed by atoms with van der Waals surface area (Å²) in [5.41, 5.74) is 3.56. The zero-order chi connectivity index (χ0) is 19.3. The highest BCUT2D eigenvalue weighted by molar-refractivity contribution is 5.75. The predicted molar refractivity (Wildman–Crippen MR) is 103 cm³/mol. The lowest BCUT2D eigenvalue weighted by molar-refractivity contribution is 0.0390. The van der Waals surface area contributed by atoms with E-state index in [1.807, 2.05) is 36.4 Å². The van der Waals surface area contributed by atoms with E-state index in [1.165, 1.54) is 5.01 Å². The summed E-state index contributed by atoms with van der Waals surface area (Å²) in [5, 5.41) is 1.31. The molecule has 0 saturated heterocycles. The van der Waals surface area contributed by atoms with E-state index in [2.05, 4.69) is 23.7 Å². The van der Waals surface area contributed by atoms with Crippen molar-refractivity contribution in [1.82, 2.24) is 10.4 Å². The molecule has 3 rings (SSSR count). The van der Waals surface area contributed by atoms with Gasteiger partial charge in [-0.1, -0.05) is 54.6 Å². The summed E-state index contributed by atoms with van der Waals surface area (Å²) in [6.07, 6.45) is 9.11. The Hall–Kier alpha value is -2.76. The molecule has 2 atom stereocenters. The van der Waals surface area contributed by atoms with E-state index >= 15 is 0 Å². The van der Waals surface area contributed by atoms with Crippen LogP contribution in [0.1, 0.15) is 32.3 Å². The molecule has 1 aromatic carbocycles. The highest BCUT2D eigenvalue weighted by atomic mass is 16.6. The van der Waals surface area contributed by atoms with Crippen molar-refractivity contribution in [2.75, 3.05) is 13.2 Å². The molecular formula is C21H26N2O4. The van der Waals surface area contributed by atoms with Crippen LogP contribution >= 0.6 is 0 Å². The van der Waals surface area contributed by atoms with Crippen molar-refractivity contribution in [3.63, 3.8) is 0 Å². The molecule has 6 heteroatoms. The number of carbonyl (C=O) groups is 2. The van der Waals surface area contributed by atoms with Crippen LogP contribution < -0.4 is 5.43 Å². The summed E-state index contributed by atoms with van der Waals surface area (Å²) in [4.78, 5) is 24.6. The molecule has 0 bridgehead atoms. The van der Waals surface area contributed by atoms with Gasteiger partial charge in [0, 0.05) is 11.3 Å². The largest absolute Gasteiger partial charge is 0.449 e. The van der Waals surface area contributed by atoms with Gasteiger partial charge in [-0.05, 0) is 32.3 Å². The molecule has 1 N–H and O–H groups in total. The number of nitrogens with one attached hydrogen (secondary N) is 1. The van der Waals surface area contributed by atoms with E-state index in [-0.39, 0.29) is 30.6 Å². The standard InChI is InChI=1S/C21H26N2O4/c1-3-26-19(24)22-23(20(25)27-4-2)18-17(12-13-21(18)14-15-21)11-10-16-8-6-5-7-9-16/h5-13,17-18H,3-4,14-15H2,1-2H3,(H,22,24)/b11-10+/t17-,18+/m1/s1. The van der Waals surface area contributed by atoms with E-state index in [0.717, 1.165) is 18.4 Å². The molecular weight excluding hydrogens is 344 g/mol. The van der Waals surface area contributed by atoms with Crippen LogP contribution in [0.3, 0.4) is 0 Å². The van der Waals surface area contributed by atoms with Crippen molar-refractivity contribution in [1.29, 1.82) is 0 Å². The quantitative estimate of drug-likeness (QED) is 0.624. The zero-order valence-electron chi connectivity index (χ0n) is 15.8. The molecule has 2 aliphatic carbocycles. The topological polar surface area (TPSA) is 67.9 Å². The fourth-order valence-corrected chi connectivity index (χ4v) is 3.57. The third-order valence-corrected chi connectivity index (χ3v) is 4.97. The number of rotatable bonds is 5. The summed E-state index contributed by atoms with van der Waals surface area (Å²) < 4.78 is 10.2. The SMILES string of the molecule is CCOC(=O)NN(C(=O)OCC)[C@H]1[C@H](/C=C/c2ccccc2)C=CC12CC2. The molecule has 1 fully saturated rings. The van der Waals surface area contributed by atoms with Crippen LogP contribution in [-0.4, -0.2) is 36.5 Å². The number of hydrogen-bond acceptors (Lipinski definition) is 4. The molecule has 2 aliphatic rings. The third kappa shape index (κ3) is 4.32. The maximum absolute atomic E-state index is 12.6. The van der Waals surface area contributed by atoms with Crippen LogP contribution in [0.4, 0.5) is 9.59 Å². The fourth-order valence-electron chi connectivity index (χ4n) is 3.57. The van der Waals surface area contributed by atoms with Crippen molar-refractivity contribution in [3.8, 4) is 0 Å². The van der Waals surface area contributed by atoms with Gasteiger partial charge >= 0.3 is 12.2 Å². The van der Waals surface area contributed by atoms with Crippen LogP contribution in [0.15, 0.2) is 48.6 Å². The minimum absolute atomic E-state index is 0.0287. The van der Waals surface area contributed by atoms with E-state index in [1.54, 1.807) is 13.8 Å². The molecule has 0 radical (unpaired) electrons. The lowest BCUT2D eigenvalue weighted by Crippen LogP contribution is -2.56. The Morgan fingerprint density at radius 1 is 1.19 bits per heavy atom.